The molecule has 8 nitrogen and oxygen atoms in total. The van der Waals surface area contributed by atoms with Crippen molar-refractivity contribution < 1.29 is 22.7 Å². The number of carbonyl (C=O) groups is 2. The lowest BCUT2D eigenvalue weighted by molar-refractivity contribution is -0.125. The molecule has 1 aromatic rings. The maximum absolute atomic E-state index is 12.8. The van der Waals surface area contributed by atoms with Gasteiger partial charge in [0, 0.05) is 13.1 Å². The normalized spacial score (nSPS) is 19.6. The van der Waals surface area contributed by atoms with E-state index in [0.29, 0.717) is 13.1 Å². The summed E-state index contributed by atoms with van der Waals surface area (Å²) < 4.78 is 32.0. The molecular weight excluding hydrogens is 394 g/mol. The molecule has 156 valence electrons. The Bertz CT molecular complexity index is 930. The van der Waals surface area contributed by atoms with Crippen LogP contribution in [0.3, 0.4) is 0 Å². The smallest absolute Gasteiger partial charge is 0.338 e. The summed E-state index contributed by atoms with van der Waals surface area (Å²) in [4.78, 5) is 24.4. The Balaban J connectivity index is 1.62. The zero-order chi connectivity index (χ0) is 21.1. The first-order valence-corrected chi connectivity index (χ1v) is 11.2. The molecule has 2 aliphatic rings. The van der Waals surface area contributed by atoms with Crippen molar-refractivity contribution >= 4 is 21.9 Å². The molecule has 0 radical (unpaired) electrons. The summed E-state index contributed by atoms with van der Waals surface area (Å²) in [5.74, 6) is -1.24. The van der Waals surface area contributed by atoms with Gasteiger partial charge >= 0.3 is 5.97 Å². The van der Waals surface area contributed by atoms with Gasteiger partial charge in [-0.1, -0.05) is 12.5 Å². The molecule has 1 atom stereocenters. The van der Waals surface area contributed by atoms with E-state index in [1.165, 1.54) is 28.6 Å². The van der Waals surface area contributed by atoms with Gasteiger partial charge < -0.3 is 10.1 Å². The van der Waals surface area contributed by atoms with Crippen molar-refractivity contribution in [1.29, 1.82) is 5.26 Å². The summed E-state index contributed by atoms with van der Waals surface area (Å²) in [7, 11) is -3.67. The average Bonchev–Trinajstić information content (AvgIpc) is 3.58. The van der Waals surface area contributed by atoms with Gasteiger partial charge in [-0.05, 0) is 56.7 Å². The average molecular weight is 420 g/mol. The fourth-order valence-electron chi connectivity index (χ4n) is 3.46. The molecule has 1 N–H and O–H groups in total. The van der Waals surface area contributed by atoms with Crippen LogP contribution in [0.1, 0.15) is 49.4 Å². The van der Waals surface area contributed by atoms with Gasteiger partial charge in [0.05, 0.1) is 16.5 Å². The summed E-state index contributed by atoms with van der Waals surface area (Å²) in [5.41, 5.74) is -0.910. The Morgan fingerprint density at radius 3 is 2.59 bits per heavy atom. The summed E-state index contributed by atoms with van der Waals surface area (Å²) in [6.45, 7) is 2.05. The molecule has 1 saturated heterocycles. The summed E-state index contributed by atoms with van der Waals surface area (Å²) in [5, 5.41) is 11.9. The van der Waals surface area contributed by atoms with E-state index in [2.05, 4.69) is 11.4 Å². The first-order valence-electron chi connectivity index (χ1n) is 9.76. The third-order valence-corrected chi connectivity index (χ3v) is 7.28. The lowest BCUT2D eigenvalue weighted by Gasteiger charge is -2.26. The fourth-order valence-corrected chi connectivity index (χ4v) is 5.02. The van der Waals surface area contributed by atoms with Gasteiger partial charge in [0.25, 0.3) is 5.91 Å². The number of hydrogen-bond acceptors (Lipinski definition) is 6. The highest BCUT2D eigenvalue weighted by atomic mass is 32.2. The van der Waals surface area contributed by atoms with E-state index in [1.807, 2.05) is 0 Å². The van der Waals surface area contributed by atoms with Crippen LogP contribution in [-0.4, -0.2) is 49.8 Å². The van der Waals surface area contributed by atoms with Gasteiger partial charge in [-0.25, -0.2) is 13.2 Å². The van der Waals surface area contributed by atoms with Gasteiger partial charge in [-0.15, -0.1) is 0 Å². The number of esters is 1. The number of nitrogens with one attached hydrogen (secondary N) is 1. The fraction of sp³-hybridized carbons (Fsp3) is 0.550. The van der Waals surface area contributed by atoms with E-state index in [9.17, 15) is 23.3 Å². The molecular formula is C20H25N3O5S. The molecule has 0 bridgehead atoms. The zero-order valence-electron chi connectivity index (χ0n) is 16.4. The number of ether oxygens (including phenoxy) is 1. The number of piperidine rings is 1. The topological polar surface area (TPSA) is 117 Å². The van der Waals surface area contributed by atoms with Crippen molar-refractivity contribution in [2.75, 3.05) is 19.7 Å². The van der Waals surface area contributed by atoms with Crippen LogP contribution in [0.25, 0.3) is 0 Å². The largest absolute Gasteiger partial charge is 0.452 e. The number of amides is 1. The van der Waals surface area contributed by atoms with Crippen LogP contribution in [-0.2, 0) is 19.6 Å². The van der Waals surface area contributed by atoms with Crippen molar-refractivity contribution in [3.63, 3.8) is 0 Å². The Kier molecular flexibility index (Phi) is 6.24. The predicted molar refractivity (Wildman–Crippen MR) is 104 cm³/mol. The molecule has 0 unspecified atom stereocenters. The third-order valence-electron chi connectivity index (χ3n) is 5.38. The monoisotopic (exact) mass is 419 g/mol. The van der Waals surface area contributed by atoms with Crippen molar-refractivity contribution in [2.24, 2.45) is 5.92 Å². The molecule has 1 amide bonds. The molecule has 1 aliphatic heterocycles. The molecule has 9 heteroatoms. The lowest BCUT2D eigenvalue weighted by atomic mass is 9.98. The molecule has 29 heavy (non-hydrogen) atoms. The van der Waals surface area contributed by atoms with Gasteiger partial charge in [0.2, 0.25) is 10.0 Å². The maximum Gasteiger partial charge on any atom is 0.338 e. The maximum atomic E-state index is 12.8. The molecule has 1 aliphatic carbocycles. The Labute approximate surface area is 170 Å². The minimum atomic E-state index is -3.67. The Morgan fingerprint density at radius 2 is 1.97 bits per heavy atom. The van der Waals surface area contributed by atoms with Crippen LogP contribution in [0.5, 0.6) is 0 Å². The first-order chi connectivity index (χ1) is 13.8. The van der Waals surface area contributed by atoms with Crippen LogP contribution in [0.15, 0.2) is 29.2 Å². The van der Waals surface area contributed by atoms with E-state index in [1.54, 1.807) is 6.92 Å². The first kappa shape index (κ1) is 21.3. The Hall–Kier alpha value is -2.44. The van der Waals surface area contributed by atoms with E-state index in [4.69, 9.17) is 4.74 Å². The number of carbonyl (C=O) groups excluding carboxylic acids is 2. The number of sulfonamides is 1. The molecule has 0 aromatic heterocycles. The minimum absolute atomic E-state index is 0.0316. The SMILES string of the molecule is C[C@](C#N)(NC(=O)COC(=O)c1cccc(S(=O)(=O)N2CCCCC2)c1)C1CC1. The molecule has 2 fully saturated rings. The van der Waals surface area contributed by atoms with Crippen LogP contribution in [0.2, 0.25) is 0 Å². The van der Waals surface area contributed by atoms with E-state index >= 15 is 0 Å². The highest BCUT2D eigenvalue weighted by molar-refractivity contribution is 7.89. The van der Waals surface area contributed by atoms with Crippen molar-refractivity contribution in [1.82, 2.24) is 9.62 Å². The van der Waals surface area contributed by atoms with E-state index in [-0.39, 0.29) is 16.4 Å². The van der Waals surface area contributed by atoms with Crippen LogP contribution in [0.4, 0.5) is 0 Å². The Morgan fingerprint density at radius 1 is 1.28 bits per heavy atom. The van der Waals surface area contributed by atoms with E-state index < -0.39 is 34.0 Å². The van der Waals surface area contributed by atoms with Crippen LogP contribution in [0, 0.1) is 17.2 Å². The summed E-state index contributed by atoms with van der Waals surface area (Å²) >= 11 is 0. The second-order valence-electron chi connectivity index (χ2n) is 7.71. The number of hydrogen-bond donors (Lipinski definition) is 1. The number of nitrogens with zero attached hydrogens (tertiary/aromatic N) is 2. The van der Waals surface area contributed by atoms with Gasteiger partial charge in [0.15, 0.2) is 6.61 Å². The number of nitriles is 1. The zero-order valence-corrected chi connectivity index (χ0v) is 17.2. The lowest BCUT2D eigenvalue weighted by Crippen LogP contribution is -2.48. The van der Waals surface area contributed by atoms with Crippen molar-refractivity contribution in [3.8, 4) is 6.07 Å². The number of rotatable bonds is 7. The summed E-state index contributed by atoms with van der Waals surface area (Å²) in [6.07, 6.45) is 4.40. The highest BCUT2D eigenvalue weighted by Gasteiger charge is 2.43. The second kappa shape index (κ2) is 8.51. The van der Waals surface area contributed by atoms with Crippen molar-refractivity contribution in [3.05, 3.63) is 29.8 Å². The quantitative estimate of drug-likeness (QED) is 0.674. The minimum Gasteiger partial charge on any atom is -0.452 e. The summed E-state index contributed by atoms with van der Waals surface area (Å²) in [6, 6.07) is 7.74. The highest BCUT2D eigenvalue weighted by Crippen LogP contribution is 2.39. The standard InChI is InChI=1S/C20H25N3O5S/c1-20(14-21,16-8-9-16)22-18(24)13-28-19(25)15-6-5-7-17(12-15)29(26,27)23-10-3-2-4-11-23/h5-7,12,16H,2-4,8-11,13H2,1H3,(H,22,24)/t20-/m1/s1. The molecule has 1 saturated carbocycles. The van der Waals surface area contributed by atoms with Gasteiger partial charge in [-0.3, -0.25) is 4.79 Å². The van der Waals surface area contributed by atoms with Gasteiger partial charge in [-0.2, -0.15) is 9.57 Å². The molecule has 1 aromatic carbocycles. The third kappa shape index (κ3) is 4.95. The van der Waals surface area contributed by atoms with Crippen LogP contribution >= 0.6 is 0 Å². The second-order valence-corrected chi connectivity index (χ2v) is 9.64. The predicted octanol–water partition coefficient (Wildman–Crippen LogP) is 1.83. The van der Waals surface area contributed by atoms with Gasteiger partial charge in [0.1, 0.15) is 5.54 Å². The number of benzene rings is 1. The molecule has 0 spiro atoms. The van der Waals surface area contributed by atoms with Crippen LogP contribution < -0.4 is 5.32 Å². The molecule has 1 heterocycles. The van der Waals surface area contributed by atoms with E-state index in [0.717, 1.165) is 32.1 Å². The van der Waals surface area contributed by atoms with Crippen molar-refractivity contribution in [2.45, 2.75) is 49.5 Å². The molecule has 3 rings (SSSR count).